The first-order chi connectivity index (χ1) is 7.74. The lowest BCUT2D eigenvalue weighted by atomic mass is 9.94. The van der Waals surface area contributed by atoms with Gasteiger partial charge in [0.15, 0.2) is 0 Å². The average molecular weight is 212 g/mol. The average Bonchev–Trinajstić information content (AvgIpc) is 2.30. The standard InChI is InChI=1S/C16H20/c1-13-3-7-15(8-4-13)11-12-16-9-5-14(2)6-10-16/h3-5,7-9H,6,10-12H2,1-2H3. The van der Waals surface area contributed by atoms with Crippen LogP contribution in [0.25, 0.3) is 0 Å². The predicted molar refractivity (Wildman–Crippen MR) is 70.6 cm³/mol. The third-order valence-corrected chi connectivity index (χ3v) is 3.30. The summed E-state index contributed by atoms with van der Waals surface area (Å²) in [5.41, 5.74) is 5.92. The fraction of sp³-hybridized carbons (Fsp3) is 0.375. The van der Waals surface area contributed by atoms with E-state index in [1.165, 1.54) is 42.4 Å². The van der Waals surface area contributed by atoms with Crippen LogP contribution < -0.4 is 0 Å². The minimum atomic E-state index is 1.18. The second-order valence-corrected chi connectivity index (χ2v) is 4.82. The van der Waals surface area contributed by atoms with E-state index in [2.05, 4.69) is 50.3 Å². The largest absolute Gasteiger partial charge is 0.0730 e. The van der Waals surface area contributed by atoms with Crippen molar-refractivity contribution < 1.29 is 0 Å². The molecule has 0 heteroatoms. The Hall–Kier alpha value is -1.30. The zero-order chi connectivity index (χ0) is 11.4. The lowest BCUT2D eigenvalue weighted by Gasteiger charge is -2.12. The summed E-state index contributed by atoms with van der Waals surface area (Å²) in [5, 5.41) is 0. The molecule has 0 aliphatic heterocycles. The molecule has 1 aliphatic carbocycles. The van der Waals surface area contributed by atoms with Crippen LogP contribution in [0.2, 0.25) is 0 Å². The summed E-state index contributed by atoms with van der Waals surface area (Å²) in [4.78, 5) is 0. The van der Waals surface area contributed by atoms with Gasteiger partial charge in [-0.2, -0.15) is 0 Å². The van der Waals surface area contributed by atoms with Crippen LogP contribution in [0.4, 0.5) is 0 Å². The van der Waals surface area contributed by atoms with Gasteiger partial charge in [-0.05, 0) is 45.1 Å². The fourth-order valence-corrected chi connectivity index (χ4v) is 2.05. The quantitative estimate of drug-likeness (QED) is 0.687. The van der Waals surface area contributed by atoms with Gasteiger partial charge in [0, 0.05) is 0 Å². The Bertz CT molecular complexity index is 404. The SMILES string of the molecule is CC1=CC=C(CCc2ccc(C)cc2)CC1. The van der Waals surface area contributed by atoms with E-state index in [1.807, 2.05) is 0 Å². The summed E-state index contributed by atoms with van der Waals surface area (Å²) >= 11 is 0. The highest BCUT2D eigenvalue weighted by Gasteiger charge is 2.03. The highest BCUT2D eigenvalue weighted by molar-refractivity contribution is 5.25. The van der Waals surface area contributed by atoms with Crippen molar-refractivity contribution >= 4 is 0 Å². The number of allylic oxidation sites excluding steroid dienone is 4. The molecule has 1 aromatic rings. The molecule has 1 aromatic carbocycles. The van der Waals surface area contributed by atoms with E-state index in [-0.39, 0.29) is 0 Å². The smallest absolute Gasteiger partial charge is 0.0241 e. The van der Waals surface area contributed by atoms with Crippen LogP contribution in [0.1, 0.15) is 37.3 Å². The zero-order valence-electron chi connectivity index (χ0n) is 10.3. The lowest BCUT2D eigenvalue weighted by molar-refractivity contribution is 0.816. The van der Waals surface area contributed by atoms with E-state index in [0.717, 1.165) is 0 Å². The topological polar surface area (TPSA) is 0 Å². The molecule has 0 spiro atoms. The molecule has 0 unspecified atom stereocenters. The Morgan fingerprint density at radius 1 is 0.875 bits per heavy atom. The predicted octanol–water partition coefficient (Wildman–Crippen LogP) is 4.59. The molecule has 2 rings (SSSR count). The van der Waals surface area contributed by atoms with Crippen molar-refractivity contribution in [1.82, 2.24) is 0 Å². The van der Waals surface area contributed by atoms with Gasteiger partial charge in [0.1, 0.15) is 0 Å². The third-order valence-electron chi connectivity index (χ3n) is 3.30. The molecule has 0 N–H and O–H groups in total. The summed E-state index contributed by atoms with van der Waals surface area (Å²) in [6, 6.07) is 8.91. The molecule has 0 bridgehead atoms. The molecule has 0 saturated heterocycles. The number of rotatable bonds is 3. The Kier molecular flexibility index (Phi) is 3.61. The monoisotopic (exact) mass is 212 g/mol. The molecule has 0 radical (unpaired) electrons. The molecule has 0 saturated carbocycles. The highest BCUT2D eigenvalue weighted by Crippen LogP contribution is 2.21. The number of aryl methyl sites for hydroxylation is 2. The highest BCUT2D eigenvalue weighted by atomic mass is 14.1. The van der Waals surface area contributed by atoms with Gasteiger partial charge in [-0.25, -0.2) is 0 Å². The Morgan fingerprint density at radius 3 is 2.25 bits per heavy atom. The van der Waals surface area contributed by atoms with Gasteiger partial charge >= 0.3 is 0 Å². The van der Waals surface area contributed by atoms with E-state index < -0.39 is 0 Å². The van der Waals surface area contributed by atoms with E-state index in [4.69, 9.17) is 0 Å². The maximum absolute atomic E-state index is 2.31. The molecule has 84 valence electrons. The first-order valence-electron chi connectivity index (χ1n) is 6.15. The molecule has 0 aromatic heterocycles. The van der Waals surface area contributed by atoms with Crippen molar-refractivity contribution in [2.24, 2.45) is 0 Å². The summed E-state index contributed by atoms with van der Waals surface area (Å²) in [6.07, 6.45) is 9.49. The van der Waals surface area contributed by atoms with Crippen LogP contribution in [0.5, 0.6) is 0 Å². The summed E-state index contributed by atoms with van der Waals surface area (Å²) in [6.45, 7) is 4.36. The summed E-state index contributed by atoms with van der Waals surface area (Å²) in [5.74, 6) is 0. The number of benzene rings is 1. The van der Waals surface area contributed by atoms with Crippen molar-refractivity contribution in [3.8, 4) is 0 Å². The van der Waals surface area contributed by atoms with E-state index in [1.54, 1.807) is 5.57 Å². The zero-order valence-corrected chi connectivity index (χ0v) is 10.3. The van der Waals surface area contributed by atoms with Crippen LogP contribution >= 0.6 is 0 Å². The first-order valence-corrected chi connectivity index (χ1v) is 6.15. The van der Waals surface area contributed by atoms with Gasteiger partial charge in [0.05, 0.1) is 0 Å². The number of hydrogen-bond acceptors (Lipinski definition) is 0. The number of hydrogen-bond donors (Lipinski definition) is 0. The van der Waals surface area contributed by atoms with Crippen molar-refractivity contribution in [2.75, 3.05) is 0 Å². The second kappa shape index (κ2) is 5.16. The van der Waals surface area contributed by atoms with Gasteiger partial charge in [-0.1, -0.05) is 53.1 Å². The van der Waals surface area contributed by atoms with Crippen molar-refractivity contribution in [3.63, 3.8) is 0 Å². The molecular formula is C16H20. The third kappa shape index (κ3) is 3.10. The maximum Gasteiger partial charge on any atom is -0.0241 e. The van der Waals surface area contributed by atoms with E-state index in [0.29, 0.717) is 0 Å². The normalized spacial score (nSPS) is 15.6. The van der Waals surface area contributed by atoms with Crippen LogP contribution in [-0.2, 0) is 6.42 Å². The van der Waals surface area contributed by atoms with Crippen molar-refractivity contribution in [2.45, 2.75) is 39.5 Å². The first kappa shape index (κ1) is 11.2. The van der Waals surface area contributed by atoms with E-state index >= 15 is 0 Å². The molecule has 0 amide bonds. The Balaban J connectivity index is 1.90. The van der Waals surface area contributed by atoms with Gasteiger partial charge in [-0.15, -0.1) is 0 Å². The van der Waals surface area contributed by atoms with Crippen LogP contribution in [0.3, 0.4) is 0 Å². The maximum atomic E-state index is 2.31. The van der Waals surface area contributed by atoms with Gasteiger partial charge in [0.25, 0.3) is 0 Å². The van der Waals surface area contributed by atoms with Crippen molar-refractivity contribution in [1.29, 1.82) is 0 Å². The second-order valence-electron chi connectivity index (χ2n) is 4.82. The molecule has 0 atom stereocenters. The molecule has 0 heterocycles. The molecular weight excluding hydrogens is 192 g/mol. The van der Waals surface area contributed by atoms with Crippen LogP contribution in [0.15, 0.2) is 47.6 Å². The van der Waals surface area contributed by atoms with Gasteiger partial charge in [-0.3, -0.25) is 0 Å². The summed E-state index contributed by atoms with van der Waals surface area (Å²) < 4.78 is 0. The molecule has 1 aliphatic rings. The molecule has 0 fully saturated rings. The van der Waals surface area contributed by atoms with Crippen molar-refractivity contribution in [3.05, 3.63) is 58.7 Å². The Morgan fingerprint density at radius 2 is 1.62 bits per heavy atom. The lowest BCUT2D eigenvalue weighted by Crippen LogP contribution is -1.94. The molecule has 16 heavy (non-hydrogen) atoms. The minimum absolute atomic E-state index is 1.18. The molecule has 0 nitrogen and oxygen atoms in total. The minimum Gasteiger partial charge on any atom is -0.0730 e. The van der Waals surface area contributed by atoms with Crippen LogP contribution in [-0.4, -0.2) is 0 Å². The van der Waals surface area contributed by atoms with Crippen LogP contribution in [0, 0.1) is 6.92 Å². The summed E-state index contributed by atoms with van der Waals surface area (Å²) in [7, 11) is 0. The Labute approximate surface area is 98.7 Å². The van der Waals surface area contributed by atoms with Gasteiger partial charge in [0.2, 0.25) is 0 Å². The van der Waals surface area contributed by atoms with E-state index in [9.17, 15) is 0 Å². The fourth-order valence-electron chi connectivity index (χ4n) is 2.05. The van der Waals surface area contributed by atoms with Gasteiger partial charge < -0.3 is 0 Å².